The SMILES string of the molecule is Cc1ccc(Cl)cc1NC(=O)c1cc2ccccc2c(=O)[nH]1. The summed E-state index contributed by atoms with van der Waals surface area (Å²) in [5.74, 6) is -0.381. The standard InChI is InChI=1S/C17H13ClN2O2/c1-10-6-7-12(18)9-14(10)19-17(22)15-8-11-4-2-3-5-13(11)16(21)20-15/h2-9H,1H3,(H,19,22)(H,20,21). The molecule has 3 aromatic rings. The van der Waals surface area contributed by atoms with E-state index in [2.05, 4.69) is 10.3 Å². The van der Waals surface area contributed by atoms with Crippen molar-refractivity contribution in [2.24, 2.45) is 0 Å². The van der Waals surface area contributed by atoms with Gasteiger partial charge in [0.2, 0.25) is 0 Å². The maximum atomic E-state index is 12.3. The molecule has 0 saturated heterocycles. The fraction of sp³-hybridized carbons (Fsp3) is 0.0588. The van der Waals surface area contributed by atoms with Crippen LogP contribution in [0.3, 0.4) is 0 Å². The van der Waals surface area contributed by atoms with Crippen LogP contribution in [-0.4, -0.2) is 10.9 Å². The number of fused-ring (bicyclic) bond motifs is 1. The van der Waals surface area contributed by atoms with Crippen LogP contribution in [0.4, 0.5) is 5.69 Å². The lowest BCUT2D eigenvalue weighted by Crippen LogP contribution is -2.19. The summed E-state index contributed by atoms with van der Waals surface area (Å²) in [6, 6.07) is 14.0. The van der Waals surface area contributed by atoms with Crippen molar-refractivity contribution in [1.29, 1.82) is 0 Å². The number of pyridine rings is 1. The van der Waals surface area contributed by atoms with Gasteiger partial charge in [0.25, 0.3) is 11.5 Å². The van der Waals surface area contributed by atoms with Crippen LogP contribution in [0.25, 0.3) is 10.8 Å². The van der Waals surface area contributed by atoms with Gasteiger partial charge in [-0.1, -0.05) is 35.9 Å². The number of aryl methyl sites for hydroxylation is 1. The highest BCUT2D eigenvalue weighted by molar-refractivity contribution is 6.31. The van der Waals surface area contributed by atoms with Gasteiger partial charge in [0.15, 0.2) is 0 Å². The van der Waals surface area contributed by atoms with Crippen LogP contribution in [0.5, 0.6) is 0 Å². The van der Waals surface area contributed by atoms with E-state index in [1.807, 2.05) is 19.1 Å². The Morgan fingerprint density at radius 3 is 2.73 bits per heavy atom. The Balaban J connectivity index is 1.99. The average Bonchev–Trinajstić information content (AvgIpc) is 2.51. The summed E-state index contributed by atoms with van der Waals surface area (Å²) < 4.78 is 0. The van der Waals surface area contributed by atoms with E-state index in [1.165, 1.54) is 0 Å². The van der Waals surface area contributed by atoms with E-state index in [-0.39, 0.29) is 17.2 Å². The van der Waals surface area contributed by atoms with Crippen LogP contribution in [0.2, 0.25) is 5.02 Å². The maximum Gasteiger partial charge on any atom is 0.272 e. The van der Waals surface area contributed by atoms with Crippen molar-refractivity contribution in [1.82, 2.24) is 4.98 Å². The van der Waals surface area contributed by atoms with E-state index in [4.69, 9.17) is 11.6 Å². The fourth-order valence-electron chi connectivity index (χ4n) is 2.25. The van der Waals surface area contributed by atoms with Gasteiger partial charge >= 0.3 is 0 Å². The molecule has 1 heterocycles. The van der Waals surface area contributed by atoms with Gasteiger partial charge in [-0.05, 0) is 42.1 Å². The van der Waals surface area contributed by atoms with E-state index in [9.17, 15) is 9.59 Å². The van der Waals surface area contributed by atoms with Crippen molar-refractivity contribution in [2.45, 2.75) is 6.92 Å². The van der Waals surface area contributed by atoms with Gasteiger partial charge < -0.3 is 10.3 Å². The van der Waals surface area contributed by atoms with Gasteiger partial charge in [-0.15, -0.1) is 0 Å². The fourth-order valence-corrected chi connectivity index (χ4v) is 2.42. The van der Waals surface area contributed by atoms with Gasteiger partial charge in [-0.2, -0.15) is 0 Å². The molecule has 4 nitrogen and oxygen atoms in total. The van der Waals surface area contributed by atoms with E-state index in [0.29, 0.717) is 16.1 Å². The molecule has 0 bridgehead atoms. The Morgan fingerprint density at radius 2 is 1.91 bits per heavy atom. The molecule has 0 aliphatic carbocycles. The van der Waals surface area contributed by atoms with Gasteiger partial charge in [-0.3, -0.25) is 9.59 Å². The summed E-state index contributed by atoms with van der Waals surface area (Å²) >= 11 is 5.94. The molecule has 2 aromatic carbocycles. The molecule has 0 radical (unpaired) electrons. The maximum absolute atomic E-state index is 12.3. The number of H-pyrrole nitrogens is 1. The summed E-state index contributed by atoms with van der Waals surface area (Å²) in [6.07, 6.45) is 0. The topological polar surface area (TPSA) is 62.0 Å². The first kappa shape index (κ1) is 14.4. The molecule has 0 spiro atoms. The molecule has 0 saturated carbocycles. The van der Waals surface area contributed by atoms with Crippen molar-refractivity contribution in [3.63, 3.8) is 0 Å². The van der Waals surface area contributed by atoms with Crippen LogP contribution >= 0.6 is 11.6 Å². The third kappa shape index (κ3) is 2.73. The van der Waals surface area contributed by atoms with Gasteiger partial charge in [-0.25, -0.2) is 0 Å². The Morgan fingerprint density at radius 1 is 1.14 bits per heavy atom. The number of hydrogen-bond donors (Lipinski definition) is 2. The number of aromatic nitrogens is 1. The normalized spacial score (nSPS) is 10.6. The highest BCUT2D eigenvalue weighted by Gasteiger charge is 2.11. The van der Waals surface area contributed by atoms with Crippen molar-refractivity contribution in [3.8, 4) is 0 Å². The first-order valence-electron chi connectivity index (χ1n) is 6.74. The van der Waals surface area contributed by atoms with E-state index < -0.39 is 0 Å². The zero-order chi connectivity index (χ0) is 15.7. The molecule has 1 aromatic heterocycles. The lowest BCUT2D eigenvalue weighted by molar-refractivity contribution is 0.102. The Bertz CT molecular complexity index is 931. The van der Waals surface area contributed by atoms with Crippen LogP contribution in [0.15, 0.2) is 53.3 Å². The second-order valence-corrected chi connectivity index (χ2v) is 5.45. The largest absolute Gasteiger partial charge is 0.320 e. The number of hydrogen-bond acceptors (Lipinski definition) is 2. The zero-order valence-electron chi connectivity index (χ0n) is 11.8. The average molecular weight is 313 g/mol. The first-order chi connectivity index (χ1) is 10.5. The molecule has 0 aliphatic rings. The summed E-state index contributed by atoms with van der Waals surface area (Å²) in [5.41, 5.74) is 1.43. The van der Waals surface area contributed by atoms with Crippen molar-refractivity contribution >= 4 is 34.0 Å². The molecular formula is C17H13ClN2O2. The molecule has 3 rings (SSSR count). The quantitative estimate of drug-likeness (QED) is 0.757. The van der Waals surface area contributed by atoms with Gasteiger partial charge in [0, 0.05) is 16.1 Å². The molecule has 0 fully saturated rings. The number of aromatic amines is 1. The van der Waals surface area contributed by atoms with Crippen LogP contribution < -0.4 is 10.9 Å². The molecule has 5 heteroatoms. The second-order valence-electron chi connectivity index (χ2n) is 5.01. The van der Waals surface area contributed by atoms with E-state index in [0.717, 1.165) is 10.9 Å². The Kier molecular flexibility index (Phi) is 3.69. The molecule has 0 atom stereocenters. The number of rotatable bonds is 2. The van der Waals surface area contributed by atoms with Crippen molar-refractivity contribution in [2.75, 3.05) is 5.32 Å². The van der Waals surface area contributed by atoms with Crippen LogP contribution in [0.1, 0.15) is 16.1 Å². The summed E-state index contributed by atoms with van der Waals surface area (Å²) in [6.45, 7) is 1.87. The highest BCUT2D eigenvalue weighted by atomic mass is 35.5. The predicted octanol–water partition coefficient (Wildman–Crippen LogP) is 3.74. The highest BCUT2D eigenvalue weighted by Crippen LogP contribution is 2.21. The third-order valence-corrected chi connectivity index (χ3v) is 3.68. The number of benzene rings is 2. The molecule has 22 heavy (non-hydrogen) atoms. The minimum absolute atomic E-state index is 0.211. The minimum Gasteiger partial charge on any atom is -0.320 e. The van der Waals surface area contributed by atoms with E-state index in [1.54, 1.807) is 36.4 Å². The molecular weight excluding hydrogens is 300 g/mol. The van der Waals surface area contributed by atoms with Crippen molar-refractivity contribution < 1.29 is 4.79 Å². The summed E-state index contributed by atoms with van der Waals surface area (Å²) in [5, 5.41) is 4.58. The van der Waals surface area contributed by atoms with Gasteiger partial charge in [0.1, 0.15) is 5.69 Å². The first-order valence-corrected chi connectivity index (χ1v) is 7.12. The number of nitrogens with one attached hydrogen (secondary N) is 2. The number of amides is 1. The predicted molar refractivity (Wildman–Crippen MR) is 88.7 cm³/mol. The molecule has 0 aliphatic heterocycles. The smallest absolute Gasteiger partial charge is 0.272 e. The second kappa shape index (κ2) is 5.66. The molecule has 0 unspecified atom stereocenters. The monoisotopic (exact) mass is 312 g/mol. The number of halogens is 1. The zero-order valence-corrected chi connectivity index (χ0v) is 12.6. The molecule has 1 amide bonds. The summed E-state index contributed by atoms with van der Waals surface area (Å²) in [4.78, 5) is 27.0. The molecule has 2 N–H and O–H groups in total. The van der Waals surface area contributed by atoms with Crippen molar-refractivity contribution in [3.05, 3.63) is 75.2 Å². The van der Waals surface area contributed by atoms with Gasteiger partial charge in [0.05, 0.1) is 0 Å². The van der Waals surface area contributed by atoms with Crippen LogP contribution in [0, 0.1) is 6.92 Å². The number of carbonyl (C=O) groups excluding carboxylic acids is 1. The minimum atomic E-state index is -0.381. The lowest BCUT2D eigenvalue weighted by atomic mass is 10.1. The number of carbonyl (C=O) groups is 1. The third-order valence-electron chi connectivity index (χ3n) is 3.45. The Hall–Kier alpha value is -2.59. The number of anilines is 1. The van der Waals surface area contributed by atoms with Crippen LogP contribution in [-0.2, 0) is 0 Å². The molecule has 110 valence electrons. The van der Waals surface area contributed by atoms with E-state index >= 15 is 0 Å². The lowest BCUT2D eigenvalue weighted by Gasteiger charge is -2.09. The Labute approximate surface area is 131 Å². The summed E-state index contributed by atoms with van der Waals surface area (Å²) in [7, 11) is 0.